The van der Waals surface area contributed by atoms with Crippen molar-refractivity contribution < 1.29 is 14.4 Å². The molecule has 2 heterocycles. The third-order valence-corrected chi connectivity index (χ3v) is 4.98. The van der Waals surface area contributed by atoms with Gasteiger partial charge in [0.25, 0.3) is 0 Å². The topological polar surface area (TPSA) is 53.6 Å². The molecule has 6 nitrogen and oxygen atoms in total. The number of quaternary nitrogens is 1. The second-order valence-electron chi connectivity index (χ2n) is 5.69. The quantitative estimate of drug-likeness (QED) is 0.566. The van der Waals surface area contributed by atoms with Crippen LogP contribution in [-0.4, -0.2) is 53.4 Å². The molecular weight excluding hydrogens is 324 g/mol. The summed E-state index contributed by atoms with van der Waals surface area (Å²) in [6.07, 6.45) is 0. The van der Waals surface area contributed by atoms with Crippen molar-refractivity contribution in [1.29, 1.82) is 0 Å². The minimum atomic E-state index is 0.662. The van der Waals surface area contributed by atoms with Gasteiger partial charge in [-0.05, 0) is 19.1 Å². The molecule has 0 saturated carbocycles. The minimum absolute atomic E-state index is 0.662. The van der Waals surface area contributed by atoms with Crippen LogP contribution in [0.25, 0.3) is 0 Å². The van der Waals surface area contributed by atoms with Crippen LogP contribution in [0.2, 0.25) is 0 Å². The van der Waals surface area contributed by atoms with Crippen LogP contribution in [-0.2, 0) is 17.8 Å². The van der Waals surface area contributed by atoms with E-state index in [1.165, 1.54) is 4.90 Å². The Kier molecular flexibility index (Phi) is 6.51. The molecule has 1 aromatic heterocycles. The molecule has 0 bridgehead atoms. The Hall–Kier alpha value is -1.57. The number of nitrogens with zero attached hydrogens (tertiary/aromatic N) is 3. The van der Waals surface area contributed by atoms with Gasteiger partial charge in [-0.1, -0.05) is 30.0 Å². The second-order valence-corrected chi connectivity index (χ2v) is 6.75. The molecule has 1 N–H and O–H groups in total. The van der Waals surface area contributed by atoms with E-state index in [0.717, 1.165) is 61.9 Å². The van der Waals surface area contributed by atoms with E-state index in [1.54, 1.807) is 11.8 Å². The molecule has 2 aromatic rings. The first-order chi connectivity index (χ1) is 11.9. The zero-order chi connectivity index (χ0) is 16.6. The lowest BCUT2D eigenvalue weighted by Gasteiger charge is -2.23. The van der Waals surface area contributed by atoms with E-state index < -0.39 is 0 Å². The highest BCUT2D eigenvalue weighted by molar-refractivity contribution is 7.99. The minimum Gasteiger partial charge on any atom is -0.493 e. The molecular formula is C17H25N4O2S+. The Morgan fingerprint density at radius 1 is 1.21 bits per heavy atom. The van der Waals surface area contributed by atoms with Crippen molar-refractivity contribution in [3.8, 4) is 5.75 Å². The molecule has 1 aliphatic rings. The molecule has 3 rings (SSSR count). The van der Waals surface area contributed by atoms with E-state index in [9.17, 15) is 0 Å². The average Bonchev–Trinajstić information content (AvgIpc) is 3.02. The van der Waals surface area contributed by atoms with Crippen LogP contribution < -0.4 is 9.64 Å². The SMILES string of the molecule is CCn1c(C[NH+]2CCOCC2)nnc1SCCOc1ccccc1. The van der Waals surface area contributed by atoms with Gasteiger partial charge in [-0.15, -0.1) is 10.2 Å². The summed E-state index contributed by atoms with van der Waals surface area (Å²) in [5.41, 5.74) is 0. The van der Waals surface area contributed by atoms with Gasteiger partial charge in [0.2, 0.25) is 0 Å². The van der Waals surface area contributed by atoms with E-state index in [4.69, 9.17) is 9.47 Å². The molecule has 0 amide bonds. The Labute approximate surface area is 147 Å². The number of morpholine rings is 1. The number of nitrogens with one attached hydrogen (secondary N) is 1. The molecule has 0 atom stereocenters. The molecule has 1 aliphatic heterocycles. The van der Waals surface area contributed by atoms with Gasteiger partial charge in [0.1, 0.15) is 25.4 Å². The first-order valence-corrected chi connectivity index (χ1v) is 9.49. The predicted molar refractivity (Wildman–Crippen MR) is 93.6 cm³/mol. The smallest absolute Gasteiger partial charge is 0.191 e. The van der Waals surface area contributed by atoms with E-state index in [2.05, 4.69) is 21.7 Å². The van der Waals surface area contributed by atoms with Gasteiger partial charge in [0, 0.05) is 12.3 Å². The Balaban J connectivity index is 1.50. The van der Waals surface area contributed by atoms with Crippen LogP contribution in [0.1, 0.15) is 12.7 Å². The summed E-state index contributed by atoms with van der Waals surface area (Å²) in [6, 6.07) is 9.90. The lowest BCUT2D eigenvalue weighted by molar-refractivity contribution is -0.922. The zero-order valence-corrected chi connectivity index (χ0v) is 14.9. The molecule has 1 saturated heterocycles. The fraction of sp³-hybridized carbons (Fsp3) is 0.529. The number of hydrogen-bond donors (Lipinski definition) is 1. The summed E-state index contributed by atoms with van der Waals surface area (Å²) in [4.78, 5) is 1.52. The largest absolute Gasteiger partial charge is 0.493 e. The summed E-state index contributed by atoms with van der Waals surface area (Å²) in [6.45, 7) is 8.40. The number of thioether (sulfide) groups is 1. The summed E-state index contributed by atoms with van der Waals surface area (Å²) >= 11 is 1.70. The summed E-state index contributed by atoms with van der Waals surface area (Å²) in [5.74, 6) is 2.84. The molecule has 7 heteroatoms. The van der Waals surface area contributed by atoms with Crippen molar-refractivity contribution in [2.24, 2.45) is 0 Å². The van der Waals surface area contributed by atoms with Crippen LogP contribution in [0.3, 0.4) is 0 Å². The molecule has 24 heavy (non-hydrogen) atoms. The normalized spacial score (nSPS) is 15.5. The Bertz CT molecular complexity index is 614. The maximum atomic E-state index is 5.73. The van der Waals surface area contributed by atoms with E-state index in [-0.39, 0.29) is 0 Å². The van der Waals surface area contributed by atoms with Crippen LogP contribution in [0.4, 0.5) is 0 Å². The molecule has 0 radical (unpaired) electrons. The third kappa shape index (κ3) is 4.72. The van der Waals surface area contributed by atoms with Crippen molar-refractivity contribution in [3.05, 3.63) is 36.2 Å². The van der Waals surface area contributed by atoms with E-state index in [0.29, 0.717) is 6.61 Å². The van der Waals surface area contributed by atoms with Crippen molar-refractivity contribution in [1.82, 2.24) is 14.8 Å². The first kappa shape index (κ1) is 17.3. The van der Waals surface area contributed by atoms with Gasteiger partial charge >= 0.3 is 0 Å². The highest BCUT2D eigenvalue weighted by Crippen LogP contribution is 2.17. The second kappa shape index (κ2) is 9.05. The van der Waals surface area contributed by atoms with Gasteiger partial charge in [0.15, 0.2) is 11.0 Å². The van der Waals surface area contributed by atoms with Crippen molar-refractivity contribution in [3.63, 3.8) is 0 Å². The Morgan fingerprint density at radius 3 is 2.75 bits per heavy atom. The number of para-hydroxylation sites is 1. The number of benzene rings is 1. The van der Waals surface area contributed by atoms with Crippen LogP contribution in [0, 0.1) is 0 Å². The standard InChI is InChI=1S/C17H24N4O2S/c1-2-21-16(14-20-8-10-22-11-9-20)18-19-17(21)24-13-12-23-15-6-4-3-5-7-15/h3-7H,2,8-14H2,1H3/p+1. The number of aromatic nitrogens is 3. The monoisotopic (exact) mass is 349 g/mol. The van der Waals surface area contributed by atoms with E-state index >= 15 is 0 Å². The van der Waals surface area contributed by atoms with E-state index in [1.807, 2.05) is 30.3 Å². The van der Waals surface area contributed by atoms with Gasteiger partial charge in [-0.2, -0.15) is 0 Å². The van der Waals surface area contributed by atoms with Gasteiger partial charge in [0.05, 0.1) is 19.8 Å². The average molecular weight is 349 g/mol. The predicted octanol–water partition coefficient (Wildman–Crippen LogP) is 0.884. The number of ether oxygens (including phenoxy) is 2. The highest BCUT2D eigenvalue weighted by Gasteiger charge is 2.19. The maximum Gasteiger partial charge on any atom is 0.191 e. The number of hydrogen-bond acceptors (Lipinski definition) is 5. The zero-order valence-electron chi connectivity index (χ0n) is 14.1. The number of rotatable bonds is 8. The third-order valence-electron chi connectivity index (χ3n) is 4.04. The highest BCUT2D eigenvalue weighted by atomic mass is 32.2. The van der Waals surface area contributed by atoms with Crippen molar-refractivity contribution >= 4 is 11.8 Å². The molecule has 1 aromatic carbocycles. The van der Waals surface area contributed by atoms with Gasteiger partial charge in [-0.3, -0.25) is 0 Å². The first-order valence-electron chi connectivity index (χ1n) is 8.51. The fourth-order valence-electron chi connectivity index (χ4n) is 2.74. The molecule has 1 fully saturated rings. The fourth-order valence-corrected chi connectivity index (χ4v) is 3.58. The van der Waals surface area contributed by atoms with Crippen LogP contribution in [0.15, 0.2) is 35.5 Å². The molecule has 0 spiro atoms. The summed E-state index contributed by atoms with van der Waals surface area (Å²) in [7, 11) is 0. The summed E-state index contributed by atoms with van der Waals surface area (Å²) < 4.78 is 13.4. The van der Waals surface area contributed by atoms with Gasteiger partial charge in [-0.25, -0.2) is 0 Å². The molecule has 0 aliphatic carbocycles. The Morgan fingerprint density at radius 2 is 2.00 bits per heavy atom. The lowest BCUT2D eigenvalue weighted by atomic mass is 10.3. The molecule has 0 unspecified atom stereocenters. The molecule has 130 valence electrons. The summed E-state index contributed by atoms with van der Waals surface area (Å²) in [5, 5.41) is 9.76. The van der Waals surface area contributed by atoms with Crippen LogP contribution in [0.5, 0.6) is 5.75 Å². The van der Waals surface area contributed by atoms with Crippen LogP contribution >= 0.6 is 11.8 Å². The lowest BCUT2D eigenvalue weighted by Crippen LogP contribution is -3.12. The maximum absolute atomic E-state index is 5.73. The van der Waals surface area contributed by atoms with Crippen molar-refractivity contribution in [2.75, 3.05) is 38.7 Å². The van der Waals surface area contributed by atoms with Gasteiger partial charge < -0.3 is 18.9 Å². The van der Waals surface area contributed by atoms with Crippen molar-refractivity contribution in [2.45, 2.75) is 25.2 Å².